The van der Waals surface area contributed by atoms with Gasteiger partial charge >= 0.3 is 6.09 Å². The van der Waals surface area contributed by atoms with Gasteiger partial charge < -0.3 is 20.7 Å². The number of carbonyl (C=O) groups excluding carboxylic acids is 1. The van der Waals surface area contributed by atoms with Gasteiger partial charge in [0.25, 0.3) is 0 Å². The molecule has 0 heterocycles. The summed E-state index contributed by atoms with van der Waals surface area (Å²) in [4.78, 5) is 16.7. The van der Waals surface area contributed by atoms with Crippen LogP contribution in [0, 0.1) is 12.8 Å². The van der Waals surface area contributed by atoms with Gasteiger partial charge in [-0.1, -0.05) is 26.0 Å². The van der Waals surface area contributed by atoms with E-state index in [0.29, 0.717) is 48.6 Å². The van der Waals surface area contributed by atoms with E-state index in [2.05, 4.69) is 34.8 Å². The van der Waals surface area contributed by atoms with Gasteiger partial charge in [-0.25, -0.2) is 18.2 Å². The van der Waals surface area contributed by atoms with Crippen LogP contribution in [0.2, 0.25) is 0 Å². The molecule has 0 aliphatic rings. The summed E-state index contributed by atoms with van der Waals surface area (Å²) in [5.41, 5.74) is 1.62. The maximum Gasteiger partial charge on any atom is 0.407 e. The summed E-state index contributed by atoms with van der Waals surface area (Å²) in [5.74, 6) is 1.04. The van der Waals surface area contributed by atoms with E-state index >= 15 is 0 Å². The molecule has 8 nitrogen and oxygen atoms in total. The topological polar surface area (TPSA) is 109 Å². The molecule has 1 rings (SSSR count). The summed E-state index contributed by atoms with van der Waals surface area (Å²) in [6.07, 6.45) is 1.59. The molecule has 0 aliphatic heterocycles. The number of ether oxygens (including phenoxy) is 1. The molecule has 1 unspecified atom stereocenters. The van der Waals surface area contributed by atoms with Crippen molar-refractivity contribution in [3.05, 3.63) is 29.3 Å². The minimum Gasteiger partial charge on any atom is -0.450 e. The Bertz CT molecular complexity index is 829. The van der Waals surface area contributed by atoms with Crippen LogP contribution in [0.1, 0.15) is 45.2 Å². The predicted octanol–water partition coefficient (Wildman–Crippen LogP) is 3.23. The Kier molecular flexibility index (Phi) is 13.8. The van der Waals surface area contributed by atoms with E-state index in [9.17, 15) is 13.2 Å². The van der Waals surface area contributed by atoms with E-state index in [1.54, 1.807) is 26.0 Å². The number of hydrogen-bond donors (Lipinski definition) is 3. The fourth-order valence-electron chi connectivity index (χ4n) is 3.06. The smallest absolute Gasteiger partial charge is 0.407 e. The monoisotopic (exact) mass is 568 g/mol. The maximum atomic E-state index is 11.8. The molecule has 0 radical (unpaired) electrons. The third-order valence-corrected chi connectivity index (χ3v) is 5.53. The molecule has 1 aromatic rings. The zero-order valence-corrected chi connectivity index (χ0v) is 22.5. The molecule has 3 N–H and O–H groups in total. The number of alkyl carbamates (subject to hydrolysis) is 1. The van der Waals surface area contributed by atoms with Crippen LogP contribution in [0.4, 0.5) is 4.79 Å². The Morgan fingerprint density at radius 2 is 1.87 bits per heavy atom. The largest absolute Gasteiger partial charge is 0.450 e. The Balaban J connectivity index is 0.00000900. The molecule has 0 bridgehead atoms. The van der Waals surface area contributed by atoms with Crippen LogP contribution in [0.3, 0.4) is 0 Å². The van der Waals surface area contributed by atoms with E-state index in [4.69, 9.17) is 4.74 Å². The number of aryl methyl sites for hydroxylation is 1. The molecular formula is C21H37IN4O4S. The molecule has 0 aromatic heterocycles. The molecule has 1 aromatic carbocycles. The summed E-state index contributed by atoms with van der Waals surface area (Å²) < 4.78 is 28.5. The number of sulfone groups is 1. The molecule has 1 amide bonds. The molecule has 31 heavy (non-hydrogen) atoms. The summed E-state index contributed by atoms with van der Waals surface area (Å²) in [5, 5.41) is 9.34. The summed E-state index contributed by atoms with van der Waals surface area (Å²) in [7, 11) is -3.24. The van der Waals surface area contributed by atoms with Crippen molar-refractivity contribution >= 4 is 45.9 Å². The van der Waals surface area contributed by atoms with Crippen LogP contribution >= 0.6 is 24.0 Å². The van der Waals surface area contributed by atoms with Crippen LogP contribution in [0.5, 0.6) is 0 Å². The molecular weight excluding hydrogens is 531 g/mol. The fraction of sp³-hybridized carbons (Fsp3) is 0.619. The number of hydrogen-bond acceptors (Lipinski definition) is 5. The van der Waals surface area contributed by atoms with Crippen molar-refractivity contribution in [2.45, 2.75) is 58.5 Å². The molecule has 1 atom stereocenters. The van der Waals surface area contributed by atoms with Crippen molar-refractivity contribution in [2.75, 3.05) is 26.0 Å². The number of rotatable bonds is 10. The zero-order chi connectivity index (χ0) is 22.7. The van der Waals surface area contributed by atoms with Crippen LogP contribution in [-0.4, -0.2) is 52.5 Å². The number of halogens is 1. The number of aliphatic imine (C=N–C) groups is 1. The van der Waals surface area contributed by atoms with Crippen molar-refractivity contribution in [1.29, 1.82) is 0 Å². The SMILES string of the molecule is CCNC(=NCc1ccc(S(C)(=O)=O)c(C)c1)NCC(CC(C)C)NC(=O)OCC.I. The minimum absolute atomic E-state index is 0. The van der Waals surface area contributed by atoms with Gasteiger partial charge in [0.15, 0.2) is 15.8 Å². The lowest BCUT2D eigenvalue weighted by Crippen LogP contribution is -2.47. The first-order valence-corrected chi connectivity index (χ1v) is 12.2. The summed E-state index contributed by atoms with van der Waals surface area (Å²) in [6.45, 7) is 11.7. The molecule has 0 aliphatic carbocycles. The Hall–Kier alpha value is -1.56. The second-order valence-corrected chi connectivity index (χ2v) is 9.62. The molecule has 0 fully saturated rings. The molecule has 178 valence electrons. The third kappa shape index (κ3) is 11.6. The zero-order valence-electron chi connectivity index (χ0n) is 19.3. The Morgan fingerprint density at radius 3 is 2.39 bits per heavy atom. The minimum atomic E-state index is -3.24. The van der Waals surface area contributed by atoms with Gasteiger partial charge in [0.05, 0.1) is 18.0 Å². The normalized spacial score (nSPS) is 12.7. The van der Waals surface area contributed by atoms with Crippen molar-refractivity contribution in [3.8, 4) is 0 Å². The van der Waals surface area contributed by atoms with E-state index in [0.717, 1.165) is 12.0 Å². The summed E-state index contributed by atoms with van der Waals surface area (Å²) >= 11 is 0. The lowest BCUT2D eigenvalue weighted by Gasteiger charge is -2.22. The van der Waals surface area contributed by atoms with E-state index < -0.39 is 15.9 Å². The van der Waals surface area contributed by atoms with Gasteiger partial charge in [-0.3, -0.25) is 0 Å². The standard InChI is InChI=1S/C21H36N4O4S.HI/c1-7-22-20(24-14-18(11-15(3)4)25-21(26)29-8-2)23-13-17-9-10-19(16(5)12-17)30(6,27)28;/h9-10,12,15,18H,7-8,11,13-14H2,1-6H3,(H,25,26)(H2,22,23,24);1H. The van der Waals surface area contributed by atoms with Gasteiger partial charge in [0.1, 0.15) is 0 Å². The van der Waals surface area contributed by atoms with Gasteiger partial charge in [-0.2, -0.15) is 0 Å². The van der Waals surface area contributed by atoms with Gasteiger partial charge in [-0.05, 0) is 50.3 Å². The molecule has 10 heteroatoms. The van der Waals surface area contributed by atoms with Crippen molar-refractivity contribution in [1.82, 2.24) is 16.0 Å². The average molecular weight is 569 g/mol. The van der Waals surface area contributed by atoms with E-state index in [-0.39, 0.29) is 30.0 Å². The lowest BCUT2D eigenvalue weighted by molar-refractivity contribution is 0.146. The van der Waals surface area contributed by atoms with Crippen LogP contribution in [0.15, 0.2) is 28.1 Å². The van der Waals surface area contributed by atoms with Crippen molar-refractivity contribution in [3.63, 3.8) is 0 Å². The highest BCUT2D eigenvalue weighted by molar-refractivity contribution is 14.0. The van der Waals surface area contributed by atoms with Crippen LogP contribution < -0.4 is 16.0 Å². The molecule has 0 spiro atoms. The van der Waals surface area contributed by atoms with Crippen molar-refractivity contribution < 1.29 is 17.9 Å². The number of guanidine groups is 1. The second kappa shape index (κ2) is 14.5. The van der Waals surface area contributed by atoms with E-state index in [1.165, 1.54) is 6.26 Å². The highest BCUT2D eigenvalue weighted by Crippen LogP contribution is 2.17. The highest BCUT2D eigenvalue weighted by Gasteiger charge is 2.15. The number of carbonyl (C=O) groups is 1. The third-order valence-electron chi connectivity index (χ3n) is 4.27. The van der Waals surface area contributed by atoms with Crippen molar-refractivity contribution in [2.24, 2.45) is 10.9 Å². The van der Waals surface area contributed by atoms with Gasteiger partial charge in [0, 0.05) is 25.4 Å². The highest BCUT2D eigenvalue weighted by atomic mass is 127. The van der Waals surface area contributed by atoms with Gasteiger partial charge in [-0.15, -0.1) is 24.0 Å². The first kappa shape index (κ1) is 29.4. The number of amides is 1. The fourth-order valence-corrected chi connectivity index (χ4v) is 4.02. The second-order valence-electron chi connectivity index (χ2n) is 7.64. The van der Waals surface area contributed by atoms with Crippen LogP contribution in [-0.2, 0) is 21.1 Å². The predicted molar refractivity (Wildman–Crippen MR) is 136 cm³/mol. The molecule has 0 saturated carbocycles. The average Bonchev–Trinajstić information content (AvgIpc) is 2.62. The Labute approximate surface area is 203 Å². The molecule has 0 saturated heterocycles. The first-order chi connectivity index (χ1) is 14.1. The first-order valence-electron chi connectivity index (χ1n) is 10.3. The quantitative estimate of drug-likeness (QED) is 0.227. The number of nitrogens with zero attached hydrogens (tertiary/aromatic N) is 1. The van der Waals surface area contributed by atoms with E-state index in [1.807, 2.05) is 13.0 Å². The number of nitrogens with one attached hydrogen (secondary N) is 3. The van der Waals surface area contributed by atoms with Gasteiger partial charge in [0.2, 0.25) is 0 Å². The lowest BCUT2D eigenvalue weighted by atomic mass is 10.0. The van der Waals surface area contributed by atoms with Crippen LogP contribution in [0.25, 0.3) is 0 Å². The maximum absolute atomic E-state index is 11.8. The summed E-state index contributed by atoms with van der Waals surface area (Å²) in [6, 6.07) is 5.15. The number of benzene rings is 1. The Morgan fingerprint density at radius 1 is 1.19 bits per heavy atom.